The van der Waals surface area contributed by atoms with Crippen LogP contribution in [0.25, 0.3) is 11.4 Å². The molecular formula is C14H10F2N4. The van der Waals surface area contributed by atoms with Crippen LogP contribution in [0.15, 0.2) is 48.5 Å². The summed E-state index contributed by atoms with van der Waals surface area (Å²) in [5, 5.41) is 11.9. The fourth-order valence-electron chi connectivity index (χ4n) is 1.85. The minimum Gasteiger partial charge on any atom is -0.207 e. The van der Waals surface area contributed by atoms with Crippen molar-refractivity contribution in [2.45, 2.75) is 6.54 Å². The average Bonchev–Trinajstić information content (AvgIpc) is 2.87. The third-order valence-electron chi connectivity index (χ3n) is 2.75. The molecule has 1 heterocycles. The first-order chi connectivity index (χ1) is 9.70. The number of hydrogen-bond donors (Lipinski definition) is 0. The minimum atomic E-state index is -0.357. The highest BCUT2D eigenvalue weighted by Gasteiger charge is 2.07. The number of rotatable bonds is 3. The maximum absolute atomic E-state index is 13.1. The topological polar surface area (TPSA) is 43.6 Å². The van der Waals surface area contributed by atoms with E-state index in [0.717, 1.165) is 5.56 Å². The van der Waals surface area contributed by atoms with Crippen molar-refractivity contribution in [1.29, 1.82) is 0 Å². The standard InChI is InChI=1S/C14H10F2N4/c15-12-5-1-3-10(7-12)9-20-18-14(17-19-20)11-4-2-6-13(16)8-11/h1-8H,9H2. The van der Waals surface area contributed by atoms with Crippen LogP contribution in [0.2, 0.25) is 0 Å². The smallest absolute Gasteiger partial charge is 0.205 e. The average molecular weight is 272 g/mol. The van der Waals surface area contributed by atoms with E-state index in [4.69, 9.17) is 0 Å². The first kappa shape index (κ1) is 12.4. The molecule has 0 aliphatic heterocycles. The van der Waals surface area contributed by atoms with Gasteiger partial charge in [-0.15, -0.1) is 10.2 Å². The quantitative estimate of drug-likeness (QED) is 0.736. The van der Waals surface area contributed by atoms with Crippen molar-refractivity contribution in [3.05, 3.63) is 65.7 Å². The summed E-state index contributed by atoms with van der Waals surface area (Å²) in [6, 6.07) is 12.1. The molecule has 0 radical (unpaired) electrons. The summed E-state index contributed by atoms with van der Waals surface area (Å²) in [7, 11) is 0. The second kappa shape index (κ2) is 5.16. The zero-order valence-electron chi connectivity index (χ0n) is 10.4. The van der Waals surface area contributed by atoms with Crippen LogP contribution in [0, 0.1) is 11.6 Å². The van der Waals surface area contributed by atoms with Gasteiger partial charge in [0.05, 0.1) is 6.54 Å². The Morgan fingerprint density at radius 1 is 0.950 bits per heavy atom. The molecule has 100 valence electrons. The van der Waals surface area contributed by atoms with Gasteiger partial charge < -0.3 is 0 Å². The van der Waals surface area contributed by atoms with Crippen molar-refractivity contribution in [3.63, 3.8) is 0 Å². The molecule has 0 unspecified atom stereocenters. The Labute approximate surface area is 113 Å². The second-order valence-corrected chi connectivity index (χ2v) is 4.28. The molecule has 0 aliphatic rings. The third-order valence-corrected chi connectivity index (χ3v) is 2.75. The zero-order valence-corrected chi connectivity index (χ0v) is 10.4. The van der Waals surface area contributed by atoms with Crippen LogP contribution < -0.4 is 0 Å². The molecule has 0 amide bonds. The molecule has 6 heteroatoms. The molecule has 2 aromatic carbocycles. The van der Waals surface area contributed by atoms with Gasteiger partial charge in [0.15, 0.2) is 0 Å². The lowest BCUT2D eigenvalue weighted by Gasteiger charge is -1.99. The van der Waals surface area contributed by atoms with Crippen LogP contribution in [0.3, 0.4) is 0 Å². The van der Waals surface area contributed by atoms with Gasteiger partial charge in [0.1, 0.15) is 11.6 Å². The molecule has 3 rings (SSSR count). The summed E-state index contributed by atoms with van der Waals surface area (Å²) >= 11 is 0. The van der Waals surface area contributed by atoms with E-state index in [1.54, 1.807) is 24.3 Å². The number of tetrazole rings is 1. The van der Waals surface area contributed by atoms with Crippen molar-refractivity contribution in [1.82, 2.24) is 20.2 Å². The molecule has 1 aromatic heterocycles. The number of nitrogens with zero attached hydrogens (tertiary/aromatic N) is 4. The fourth-order valence-corrected chi connectivity index (χ4v) is 1.85. The number of benzene rings is 2. The number of halogens is 2. The van der Waals surface area contributed by atoms with Gasteiger partial charge in [-0.25, -0.2) is 8.78 Å². The summed E-state index contributed by atoms with van der Waals surface area (Å²) in [6.07, 6.45) is 0. The molecule has 0 N–H and O–H groups in total. The fraction of sp³-hybridized carbons (Fsp3) is 0.0714. The predicted octanol–water partition coefficient (Wildman–Crippen LogP) is 2.67. The Kier molecular flexibility index (Phi) is 3.20. The Bertz CT molecular complexity index is 739. The van der Waals surface area contributed by atoms with E-state index >= 15 is 0 Å². The van der Waals surface area contributed by atoms with Crippen LogP contribution in [-0.4, -0.2) is 20.2 Å². The zero-order chi connectivity index (χ0) is 13.9. The van der Waals surface area contributed by atoms with Crippen molar-refractivity contribution in [2.75, 3.05) is 0 Å². The molecule has 20 heavy (non-hydrogen) atoms. The van der Waals surface area contributed by atoms with Crippen molar-refractivity contribution >= 4 is 0 Å². The molecule has 4 nitrogen and oxygen atoms in total. The molecule has 3 aromatic rings. The van der Waals surface area contributed by atoms with Crippen molar-refractivity contribution < 1.29 is 8.78 Å². The molecule has 0 saturated heterocycles. The summed E-state index contributed by atoms with van der Waals surface area (Å²) in [6.45, 7) is 0.306. The Morgan fingerprint density at radius 3 is 2.45 bits per heavy atom. The summed E-state index contributed by atoms with van der Waals surface area (Å²) < 4.78 is 26.2. The molecule has 0 atom stereocenters. The van der Waals surface area contributed by atoms with Crippen LogP contribution in [0.4, 0.5) is 8.78 Å². The summed E-state index contributed by atoms with van der Waals surface area (Å²) in [4.78, 5) is 1.34. The Balaban J connectivity index is 1.84. The van der Waals surface area contributed by atoms with Gasteiger partial charge in [-0.05, 0) is 35.0 Å². The van der Waals surface area contributed by atoms with E-state index in [1.165, 1.54) is 29.1 Å². The predicted molar refractivity (Wildman–Crippen MR) is 68.7 cm³/mol. The second-order valence-electron chi connectivity index (χ2n) is 4.28. The molecular weight excluding hydrogens is 262 g/mol. The van der Waals surface area contributed by atoms with Gasteiger partial charge >= 0.3 is 0 Å². The van der Waals surface area contributed by atoms with E-state index in [-0.39, 0.29) is 11.6 Å². The highest BCUT2D eigenvalue weighted by Crippen LogP contribution is 2.14. The number of aromatic nitrogens is 4. The van der Waals surface area contributed by atoms with Crippen LogP contribution in [-0.2, 0) is 6.54 Å². The van der Waals surface area contributed by atoms with Gasteiger partial charge in [-0.3, -0.25) is 0 Å². The maximum atomic E-state index is 13.1. The molecule has 0 bridgehead atoms. The Morgan fingerprint density at radius 2 is 1.70 bits per heavy atom. The van der Waals surface area contributed by atoms with Gasteiger partial charge in [0.2, 0.25) is 5.82 Å². The van der Waals surface area contributed by atoms with Gasteiger partial charge in [0, 0.05) is 5.56 Å². The molecule has 0 spiro atoms. The lowest BCUT2D eigenvalue weighted by molar-refractivity contribution is 0.566. The minimum absolute atomic E-state index is 0.306. The summed E-state index contributed by atoms with van der Waals surface area (Å²) in [5.41, 5.74) is 1.28. The van der Waals surface area contributed by atoms with E-state index in [0.29, 0.717) is 17.9 Å². The third kappa shape index (κ3) is 2.69. The lowest BCUT2D eigenvalue weighted by Crippen LogP contribution is -2.04. The monoisotopic (exact) mass is 272 g/mol. The molecule has 0 saturated carbocycles. The normalized spacial score (nSPS) is 10.7. The van der Waals surface area contributed by atoms with Crippen LogP contribution in [0.1, 0.15) is 5.56 Å². The van der Waals surface area contributed by atoms with E-state index in [1.807, 2.05) is 0 Å². The lowest BCUT2D eigenvalue weighted by atomic mass is 10.2. The highest BCUT2D eigenvalue weighted by atomic mass is 19.1. The highest BCUT2D eigenvalue weighted by molar-refractivity contribution is 5.53. The first-order valence-corrected chi connectivity index (χ1v) is 5.99. The van der Waals surface area contributed by atoms with Crippen molar-refractivity contribution in [2.24, 2.45) is 0 Å². The van der Waals surface area contributed by atoms with Crippen LogP contribution >= 0.6 is 0 Å². The Hall–Kier alpha value is -2.63. The first-order valence-electron chi connectivity index (χ1n) is 5.99. The number of hydrogen-bond acceptors (Lipinski definition) is 3. The van der Waals surface area contributed by atoms with Crippen molar-refractivity contribution in [3.8, 4) is 11.4 Å². The largest absolute Gasteiger partial charge is 0.207 e. The van der Waals surface area contributed by atoms with E-state index in [9.17, 15) is 8.78 Å². The van der Waals surface area contributed by atoms with E-state index < -0.39 is 0 Å². The summed E-state index contributed by atoms with van der Waals surface area (Å²) in [5.74, 6) is -0.335. The molecule has 0 aliphatic carbocycles. The van der Waals surface area contributed by atoms with Crippen LogP contribution in [0.5, 0.6) is 0 Å². The van der Waals surface area contributed by atoms with Gasteiger partial charge in [-0.1, -0.05) is 24.3 Å². The van der Waals surface area contributed by atoms with Gasteiger partial charge in [0.25, 0.3) is 0 Å². The maximum Gasteiger partial charge on any atom is 0.205 e. The SMILES string of the molecule is Fc1cccc(Cn2nnc(-c3cccc(F)c3)n2)c1. The van der Waals surface area contributed by atoms with E-state index in [2.05, 4.69) is 15.4 Å². The molecule has 0 fully saturated rings. The van der Waals surface area contributed by atoms with Gasteiger partial charge in [-0.2, -0.15) is 4.80 Å².